The molecule has 1 aliphatic heterocycles. The van der Waals surface area contributed by atoms with E-state index in [1.165, 1.54) is 5.56 Å². The molecule has 1 fully saturated rings. The monoisotopic (exact) mass is 420 g/mol. The smallest absolute Gasteiger partial charge is 0.225 e. The van der Waals surface area contributed by atoms with Gasteiger partial charge < -0.3 is 10.2 Å². The lowest BCUT2D eigenvalue weighted by Crippen LogP contribution is -2.43. The zero-order chi connectivity index (χ0) is 20.9. The summed E-state index contributed by atoms with van der Waals surface area (Å²) < 4.78 is 0. The van der Waals surface area contributed by atoms with Crippen LogP contribution < -0.4 is 10.2 Å². The van der Waals surface area contributed by atoms with Crippen LogP contribution in [0.5, 0.6) is 0 Å². The molecule has 0 spiro atoms. The first-order valence-corrected chi connectivity index (χ1v) is 10.6. The van der Waals surface area contributed by atoms with E-state index in [0.29, 0.717) is 18.1 Å². The third kappa shape index (κ3) is 4.97. The second-order valence-corrected chi connectivity index (χ2v) is 8.21. The predicted octanol–water partition coefficient (Wildman–Crippen LogP) is 4.64. The molecule has 2 aromatic carbocycles. The third-order valence-electron chi connectivity index (χ3n) is 5.49. The van der Waals surface area contributed by atoms with E-state index in [1.54, 1.807) is 0 Å². The standard InChI is InChI=1S/C24H25ClN4O/c1-17-4-8-19(9-5-17)22-12-13-23(28-27-22)29-14-2-3-20(16-29)24(30)26-15-18-6-10-21(25)11-7-18/h4-13,20H,2-3,14-16H2,1H3,(H,26,30)/t20-/m0/s1. The van der Waals surface area contributed by atoms with Crippen LogP contribution in [0.3, 0.4) is 0 Å². The number of nitrogens with one attached hydrogen (secondary N) is 1. The fraction of sp³-hybridized carbons (Fsp3) is 0.292. The highest BCUT2D eigenvalue weighted by Gasteiger charge is 2.26. The maximum atomic E-state index is 12.7. The highest BCUT2D eigenvalue weighted by Crippen LogP contribution is 2.24. The largest absolute Gasteiger partial charge is 0.354 e. The molecular formula is C24H25ClN4O. The average Bonchev–Trinajstić information content (AvgIpc) is 2.79. The molecule has 1 amide bonds. The topological polar surface area (TPSA) is 58.1 Å². The first-order valence-electron chi connectivity index (χ1n) is 10.3. The molecule has 1 N–H and O–H groups in total. The summed E-state index contributed by atoms with van der Waals surface area (Å²) in [5, 5.41) is 12.6. The number of aromatic nitrogens is 2. The van der Waals surface area contributed by atoms with Crippen LogP contribution in [-0.2, 0) is 11.3 Å². The molecule has 0 aliphatic carbocycles. The van der Waals surface area contributed by atoms with Crippen molar-refractivity contribution in [1.82, 2.24) is 15.5 Å². The van der Waals surface area contributed by atoms with Gasteiger partial charge in [0, 0.05) is 30.2 Å². The van der Waals surface area contributed by atoms with Gasteiger partial charge in [0.15, 0.2) is 5.82 Å². The van der Waals surface area contributed by atoms with E-state index in [2.05, 4.69) is 51.6 Å². The van der Waals surface area contributed by atoms with Crippen molar-refractivity contribution in [3.8, 4) is 11.3 Å². The van der Waals surface area contributed by atoms with Crippen LogP contribution in [0.2, 0.25) is 5.02 Å². The van der Waals surface area contributed by atoms with Gasteiger partial charge in [-0.2, -0.15) is 0 Å². The summed E-state index contributed by atoms with van der Waals surface area (Å²) in [5.41, 5.74) is 4.17. The second kappa shape index (κ2) is 9.26. The number of piperidine rings is 1. The molecule has 3 aromatic rings. The zero-order valence-electron chi connectivity index (χ0n) is 17.0. The molecule has 154 valence electrons. The van der Waals surface area contributed by atoms with Gasteiger partial charge in [-0.25, -0.2) is 0 Å². The number of benzene rings is 2. The van der Waals surface area contributed by atoms with Gasteiger partial charge in [-0.15, -0.1) is 10.2 Å². The van der Waals surface area contributed by atoms with Crippen molar-refractivity contribution in [3.63, 3.8) is 0 Å². The van der Waals surface area contributed by atoms with Crippen molar-refractivity contribution in [3.05, 3.63) is 76.8 Å². The van der Waals surface area contributed by atoms with Gasteiger partial charge in [0.05, 0.1) is 11.6 Å². The van der Waals surface area contributed by atoms with Gasteiger partial charge in [0.2, 0.25) is 5.91 Å². The molecule has 0 saturated carbocycles. The van der Waals surface area contributed by atoms with Crippen LogP contribution in [0, 0.1) is 12.8 Å². The van der Waals surface area contributed by atoms with Crippen molar-refractivity contribution in [2.45, 2.75) is 26.3 Å². The maximum Gasteiger partial charge on any atom is 0.225 e. The van der Waals surface area contributed by atoms with Crippen molar-refractivity contribution < 1.29 is 4.79 Å². The second-order valence-electron chi connectivity index (χ2n) is 7.77. The Kier molecular flexibility index (Phi) is 6.29. The number of amides is 1. The quantitative estimate of drug-likeness (QED) is 0.653. The Labute approximate surface area is 182 Å². The Balaban J connectivity index is 1.36. The average molecular weight is 421 g/mol. The molecule has 0 bridgehead atoms. The molecule has 6 heteroatoms. The Morgan fingerprint density at radius 1 is 1.07 bits per heavy atom. The van der Waals surface area contributed by atoms with Crippen molar-refractivity contribution in [2.75, 3.05) is 18.0 Å². The van der Waals surface area contributed by atoms with Crippen LogP contribution in [-0.4, -0.2) is 29.2 Å². The van der Waals surface area contributed by atoms with E-state index >= 15 is 0 Å². The molecular weight excluding hydrogens is 396 g/mol. The van der Waals surface area contributed by atoms with E-state index in [1.807, 2.05) is 36.4 Å². The summed E-state index contributed by atoms with van der Waals surface area (Å²) in [4.78, 5) is 14.8. The van der Waals surface area contributed by atoms with Gasteiger partial charge in [-0.1, -0.05) is 53.6 Å². The molecule has 1 saturated heterocycles. The summed E-state index contributed by atoms with van der Waals surface area (Å²) >= 11 is 5.92. The molecule has 30 heavy (non-hydrogen) atoms. The molecule has 1 aromatic heterocycles. The summed E-state index contributed by atoms with van der Waals surface area (Å²) in [7, 11) is 0. The normalized spacial score (nSPS) is 16.3. The fourth-order valence-electron chi connectivity index (χ4n) is 3.71. The van der Waals surface area contributed by atoms with Crippen LogP contribution in [0.1, 0.15) is 24.0 Å². The van der Waals surface area contributed by atoms with Crippen LogP contribution in [0.25, 0.3) is 11.3 Å². The van der Waals surface area contributed by atoms with Crippen LogP contribution in [0.15, 0.2) is 60.7 Å². The number of hydrogen-bond donors (Lipinski definition) is 1. The number of rotatable bonds is 5. The zero-order valence-corrected chi connectivity index (χ0v) is 17.8. The van der Waals surface area contributed by atoms with E-state index in [0.717, 1.165) is 42.0 Å². The molecule has 1 atom stereocenters. The summed E-state index contributed by atoms with van der Waals surface area (Å²) in [5.74, 6) is 0.851. The molecule has 0 radical (unpaired) electrons. The highest BCUT2D eigenvalue weighted by atomic mass is 35.5. The lowest BCUT2D eigenvalue weighted by molar-refractivity contribution is -0.125. The molecule has 0 unspecified atom stereocenters. The highest BCUT2D eigenvalue weighted by molar-refractivity contribution is 6.30. The van der Waals surface area contributed by atoms with Crippen molar-refractivity contribution >= 4 is 23.3 Å². The first kappa shape index (κ1) is 20.4. The Morgan fingerprint density at radius 2 is 1.83 bits per heavy atom. The summed E-state index contributed by atoms with van der Waals surface area (Å²) in [6.07, 6.45) is 1.85. The number of anilines is 1. The molecule has 5 nitrogen and oxygen atoms in total. The van der Waals surface area contributed by atoms with Crippen LogP contribution >= 0.6 is 11.6 Å². The van der Waals surface area contributed by atoms with Gasteiger partial charge in [0.25, 0.3) is 0 Å². The van der Waals surface area contributed by atoms with Gasteiger partial charge in [-0.3, -0.25) is 4.79 Å². The minimum absolute atomic E-state index is 0.0513. The molecule has 1 aliphatic rings. The molecule has 2 heterocycles. The Morgan fingerprint density at radius 3 is 2.53 bits per heavy atom. The minimum Gasteiger partial charge on any atom is -0.354 e. The van der Waals surface area contributed by atoms with E-state index in [9.17, 15) is 4.79 Å². The number of hydrogen-bond acceptors (Lipinski definition) is 4. The molecule has 4 rings (SSSR count). The number of carbonyl (C=O) groups excluding carboxylic acids is 1. The maximum absolute atomic E-state index is 12.7. The Bertz CT molecular complexity index is 987. The lowest BCUT2D eigenvalue weighted by Gasteiger charge is -2.32. The number of halogens is 1. The van der Waals surface area contributed by atoms with Gasteiger partial charge in [0.1, 0.15) is 0 Å². The summed E-state index contributed by atoms with van der Waals surface area (Å²) in [6.45, 7) is 4.12. The van der Waals surface area contributed by atoms with E-state index in [-0.39, 0.29) is 11.8 Å². The lowest BCUT2D eigenvalue weighted by atomic mass is 9.97. The van der Waals surface area contributed by atoms with Gasteiger partial charge >= 0.3 is 0 Å². The van der Waals surface area contributed by atoms with Crippen LogP contribution in [0.4, 0.5) is 5.82 Å². The fourth-order valence-corrected chi connectivity index (χ4v) is 3.83. The van der Waals surface area contributed by atoms with Gasteiger partial charge in [-0.05, 0) is 49.6 Å². The van der Waals surface area contributed by atoms with Crippen molar-refractivity contribution in [1.29, 1.82) is 0 Å². The number of carbonyl (C=O) groups is 1. The van der Waals surface area contributed by atoms with Crippen molar-refractivity contribution in [2.24, 2.45) is 5.92 Å². The SMILES string of the molecule is Cc1ccc(-c2ccc(N3CCC[C@H](C(=O)NCc4ccc(Cl)cc4)C3)nn2)cc1. The number of nitrogens with zero attached hydrogens (tertiary/aromatic N) is 3. The van der Waals surface area contributed by atoms with E-state index in [4.69, 9.17) is 11.6 Å². The summed E-state index contributed by atoms with van der Waals surface area (Å²) in [6, 6.07) is 19.8. The van der Waals surface area contributed by atoms with E-state index < -0.39 is 0 Å². The first-order chi connectivity index (χ1) is 14.6. The number of aryl methyl sites for hydroxylation is 1. The third-order valence-corrected chi connectivity index (χ3v) is 5.75. The predicted molar refractivity (Wildman–Crippen MR) is 120 cm³/mol. The minimum atomic E-state index is -0.0513. The Hall–Kier alpha value is -2.92.